The molecule has 0 radical (unpaired) electrons. The number of nitrogens with zero attached hydrogens (tertiary/aromatic N) is 1. The van der Waals surface area contributed by atoms with E-state index in [0.717, 1.165) is 28.6 Å². The first-order valence-electron chi connectivity index (χ1n) is 11.3. The number of hydrogen-bond donors (Lipinski definition) is 1. The van der Waals surface area contributed by atoms with E-state index in [1.807, 2.05) is 18.2 Å². The van der Waals surface area contributed by atoms with E-state index in [4.69, 9.17) is 21.1 Å². The van der Waals surface area contributed by atoms with Gasteiger partial charge in [-0.2, -0.15) is 0 Å². The van der Waals surface area contributed by atoms with Gasteiger partial charge in [0, 0.05) is 35.0 Å². The number of benzene rings is 3. The fourth-order valence-corrected chi connectivity index (χ4v) is 5.00. The van der Waals surface area contributed by atoms with Crippen molar-refractivity contribution in [1.29, 1.82) is 0 Å². The lowest BCUT2D eigenvalue weighted by molar-refractivity contribution is 0.237. The Labute approximate surface area is 194 Å². The molecule has 3 aromatic carbocycles. The first-order chi connectivity index (χ1) is 15.7. The normalized spacial score (nSPS) is 20.5. The van der Waals surface area contributed by atoms with Crippen molar-refractivity contribution in [3.63, 3.8) is 0 Å². The van der Waals surface area contributed by atoms with E-state index in [0.29, 0.717) is 13.2 Å². The third-order valence-electron chi connectivity index (χ3n) is 6.57. The molecular weight excluding hydrogens is 422 g/mol. The van der Waals surface area contributed by atoms with Gasteiger partial charge in [-0.25, -0.2) is 0 Å². The van der Waals surface area contributed by atoms with Gasteiger partial charge in [0.15, 0.2) is 0 Å². The van der Waals surface area contributed by atoms with Crippen LogP contribution in [0.1, 0.15) is 41.4 Å². The fraction of sp³-hybridized carbons (Fsp3) is 0.333. The minimum Gasteiger partial charge on any atom is -0.508 e. The Kier molecular flexibility index (Phi) is 6.24. The largest absolute Gasteiger partial charge is 0.508 e. The highest BCUT2D eigenvalue weighted by molar-refractivity contribution is 6.30. The molecule has 0 spiro atoms. The second kappa shape index (κ2) is 9.43. The maximum absolute atomic E-state index is 9.94. The van der Waals surface area contributed by atoms with Crippen molar-refractivity contribution in [1.82, 2.24) is 4.90 Å². The summed E-state index contributed by atoms with van der Waals surface area (Å²) in [5, 5.41) is 10.7. The molecule has 0 aromatic heterocycles. The third-order valence-corrected chi connectivity index (χ3v) is 6.82. The van der Waals surface area contributed by atoms with Crippen LogP contribution in [-0.4, -0.2) is 42.9 Å². The number of ether oxygens (including phenoxy) is 2. The van der Waals surface area contributed by atoms with Crippen LogP contribution in [0.25, 0.3) is 0 Å². The molecular formula is C27H28ClNO3. The molecule has 0 saturated carbocycles. The van der Waals surface area contributed by atoms with E-state index in [1.54, 1.807) is 12.1 Å². The van der Waals surface area contributed by atoms with Crippen LogP contribution in [0.2, 0.25) is 5.02 Å². The number of hydrogen-bond acceptors (Lipinski definition) is 4. The molecule has 166 valence electrons. The van der Waals surface area contributed by atoms with Gasteiger partial charge in [-0.1, -0.05) is 41.9 Å². The summed E-state index contributed by atoms with van der Waals surface area (Å²) in [4.78, 5) is 2.46. The predicted molar refractivity (Wildman–Crippen MR) is 127 cm³/mol. The molecule has 1 N–H and O–H groups in total. The molecule has 1 fully saturated rings. The number of rotatable bonds is 6. The maximum Gasteiger partial charge on any atom is 0.126 e. The van der Waals surface area contributed by atoms with E-state index >= 15 is 0 Å². The molecule has 2 heterocycles. The first kappa shape index (κ1) is 21.2. The van der Waals surface area contributed by atoms with Crippen molar-refractivity contribution in [2.75, 3.05) is 32.8 Å². The summed E-state index contributed by atoms with van der Waals surface area (Å²) in [5.74, 6) is 2.11. The molecule has 2 aliphatic heterocycles. The fourth-order valence-electron chi connectivity index (χ4n) is 4.88. The zero-order valence-corrected chi connectivity index (χ0v) is 18.8. The van der Waals surface area contributed by atoms with Crippen LogP contribution in [0.15, 0.2) is 66.7 Å². The van der Waals surface area contributed by atoms with Gasteiger partial charge in [0.05, 0.1) is 6.61 Å². The predicted octanol–water partition coefficient (Wildman–Crippen LogP) is 5.83. The summed E-state index contributed by atoms with van der Waals surface area (Å²) < 4.78 is 12.1. The molecule has 0 amide bonds. The SMILES string of the molecule is Oc1ccc2c(c1)OC[C@@H](c1ccc(Cl)cc1)[C@H]2c1ccc(OCCN2CCCC2)cc1. The Morgan fingerprint density at radius 1 is 0.938 bits per heavy atom. The summed E-state index contributed by atoms with van der Waals surface area (Å²) in [6.45, 7) is 4.61. The first-order valence-corrected chi connectivity index (χ1v) is 11.7. The number of fused-ring (bicyclic) bond motifs is 1. The van der Waals surface area contributed by atoms with Crippen molar-refractivity contribution in [3.05, 3.63) is 88.4 Å². The van der Waals surface area contributed by atoms with E-state index in [9.17, 15) is 5.11 Å². The molecule has 5 heteroatoms. The van der Waals surface area contributed by atoms with Crippen LogP contribution < -0.4 is 9.47 Å². The minimum absolute atomic E-state index is 0.110. The molecule has 1 saturated heterocycles. The second-order valence-electron chi connectivity index (χ2n) is 8.64. The topological polar surface area (TPSA) is 41.9 Å². The highest BCUT2D eigenvalue weighted by Gasteiger charge is 2.33. The van der Waals surface area contributed by atoms with Crippen LogP contribution in [0.3, 0.4) is 0 Å². The number of phenols is 1. The second-order valence-corrected chi connectivity index (χ2v) is 9.07. The maximum atomic E-state index is 9.94. The van der Waals surface area contributed by atoms with E-state index in [2.05, 4.69) is 41.3 Å². The quantitative estimate of drug-likeness (QED) is 0.514. The lowest BCUT2D eigenvalue weighted by Crippen LogP contribution is -2.25. The number of halogens is 1. The number of phenolic OH excluding ortho intramolecular Hbond substituents is 1. The van der Waals surface area contributed by atoms with Gasteiger partial charge in [0.25, 0.3) is 0 Å². The summed E-state index contributed by atoms with van der Waals surface area (Å²) in [7, 11) is 0. The molecule has 3 aromatic rings. The molecule has 32 heavy (non-hydrogen) atoms. The average Bonchev–Trinajstić information content (AvgIpc) is 3.33. The van der Waals surface area contributed by atoms with Gasteiger partial charge in [-0.05, 0) is 67.4 Å². The van der Waals surface area contributed by atoms with Gasteiger partial charge >= 0.3 is 0 Å². The van der Waals surface area contributed by atoms with Crippen molar-refractivity contribution in [2.45, 2.75) is 24.7 Å². The van der Waals surface area contributed by atoms with Crippen molar-refractivity contribution < 1.29 is 14.6 Å². The van der Waals surface area contributed by atoms with Crippen LogP contribution >= 0.6 is 11.6 Å². The Bertz CT molecular complexity index is 1050. The average molecular weight is 450 g/mol. The van der Waals surface area contributed by atoms with E-state index in [1.165, 1.54) is 37.1 Å². The molecule has 5 rings (SSSR count). The molecule has 4 nitrogen and oxygen atoms in total. The van der Waals surface area contributed by atoms with Crippen molar-refractivity contribution in [3.8, 4) is 17.2 Å². The standard InChI is InChI=1S/C27H28ClNO3/c28-21-7-3-19(4-8-21)25-18-32-26-17-22(30)9-12-24(26)27(25)20-5-10-23(11-6-20)31-16-15-29-13-1-2-14-29/h3-12,17,25,27,30H,1-2,13-16,18H2/t25-,27-/m0/s1. The highest BCUT2D eigenvalue weighted by atomic mass is 35.5. The third kappa shape index (κ3) is 4.57. The monoisotopic (exact) mass is 449 g/mol. The lowest BCUT2D eigenvalue weighted by atomic mass is 9.76. The Morgan fingerprint density at radius 2 is 1.66 bits per heavy atom. The summed E-state index contributed by atoms with van der Waals surface area (Å²) in [6, 6.07) is 21.8. The smallest absolute Gasteiger partial charge is 0.126 e. The highest BCUT2D eigenvalue weighted by Crippen LogP contribution is 2.47. The number of aromatic hydroxyl groups is 1. The summed E-state index contributed by atoms with van der Waals surface area (Å²) in [6.07, 6.45) is 2.60. The molecule has 0 aliphatic carbocycles. The zero-order valence-electron chi connectivity index (χ0n) is 18.0. The van der Waals surface area contributed by atoms with Crippen LogP contribution in [0.5, 0.6) is 17.2 Å². The summed E-state index contributed by atoms with van der Waals surface area (Å²) >= 11 is 6.13. The summed E-state index contributed by atoms with van der Waals surface area (Å²) in [5.41, 5.74) is 3.47. The van der Waals surface area contributed by atoms with Crippen LogP contribution in [-0.2, 0) is 0 Å². The van der Waals surface area contributed by atoms with Crippen molar-refractivity contribution in [2.24, 2.45) is 0 Å². The molecule has 2 aliphatic rings. The molecule has 0 unspecified atom stereocenters. The van der Waals surface area contributed by atoms with Gasteiger partial charge in [0.1, 0.15) is 23.9 Å². The molecule has 2 atom stereocenters. The lowest BCUT2D eigenvalue weighted by Gasteiger charge is -2.34. The van der Waals surface area contributed by atoms with Crippen LogP contribution in [0, 0.1) is 0 Å². The van der Waals surface area contributed by atoms with Gasteiger partial charge in [-0.3, -0.25) is 4.90 Å². The van der Waals surface area contributed by atoms with Crippen LogP contribution in [0.4, 0.5) is 0 Å². The van der Waals surface area contributed by atoms with Gasteiger partial charge in [-0.15, -0.1) is 0 Å². The minimum atomic E-state index is 0.110. The van der Waals surface area contributed by atoms with Crippen molar-refractivity contribution >= 4 is 11.6 Å². The van der Waals surface area contributed by atoms with Gasteiger partial charge < -0.3 is 14.6 Å². The van der Waals surface area contributed by atoms with E-state index < -0.39 is 0 Å². The Morgan fingerprint density at radius 3 is 2.41 bits per heavy atom. The Balaban J connectivity index is 1.39. The number of likely N-dealkylation sites (tertiary alicyclic amines) is 1. The van der Waals surface area contributed by atoms with E-state index in [-0.39, 0.29) is 17.6 Å². The molecule has 0 bridgehead atoms. The Hall–Kier alpha value is -2.69. The van der Waals surface area contributed by atoms with Gasteiger partial charge in [0.2, 0.25) is 0 Å². The zero-order chi connectivity index (χ0) is 21.9.